The monoisotopic (exact) mass is 170 g/mol. The van der Waals surface area contributed by atoms with E-state index in [0.29, 0.717) is 0 Å². The average molecular weight is 170 g/mol. The zero-order valence-corrected chi connectivity index (χ0v) is 8.94. The minimum absolute atomic E-state index is 0.127. The van der Waals surface area contributed by atoms with Crippen LogP contribution in [0.1, 0.15) is 59.8 Å². The van der Waals surface area contributed by atoms with Crippen LogP contribution in [0, 0.1) is 0 Å². The van der Waals surface area contributed by atoms with Crippen molar-refractivity contribution in [2.75, 3.05) is 0 Å². The normalized spacial score (nSPS) is 34.0. The van der Waals surface area contributed by atoms with Crippen LogP contribution < -0.4 is 0 Å². The van der Waals surface area contributed by atoms with Crippen molar-refractivity contribution < 1.29 is 4.74 Å². The summed E-state index contributed by atoms with van der Waals surface area (Å²) in [6.45, 7) is 8.90. The Bertz CT molecular complexity index is 151. The number of hydrogen-bond acceptors (Lipinski definition) is 1. The van der Waals surface area contributed by atoms with E-state index in [2.05, 4.69) is 27.7 Å². The summed E-state index contributed by atoms with van der Waals surface area (Å²) in [6.07, 6.45) is 6.26. The molecule has 1 saturated heterocycles. The van der Waals surface area contributed by atoms with Gasteiger partial charge in [0.2, 0.25) is 0 Å². The second-order valence-corrected chi connectivity index (χ2v) is 4.92. The van der Waals surface area contributed by atoms with E-state index >= 15 is 0 Å². The molecule has 0 aliphatic carbocycles. The van der Waals surface area contributed by atoms with Crippen molar-refractivity contribution in [1.82, 2.24) is 0 Å². The van der Waals surface area contributed by atoms with E-state index in [1.807, 2.05) is 0 Å². The third-order valence-electron chi connectivity index (χ3n) is 2.84. The molecular formula is C11H22O. The van der Waals surface area contributed by atoms with E-state index < -0.39 is 0 Å². The lowest BCUT2D eigenvalue weighted by Crippen LogP contribution is -2.28. The minimum atomic E-state index is 0.127. The molecule has 0 amide bonds. The summed E-state index contributed by atoms with van der Waals surface area (Å²) in [6, 6.07) is 0. The largest absolute Gasteiger partial charge is 0.369 e. The Morgan fingerprint density at radius 1 is 1.17 bits per heavy atom. The Morgan fingerprint density at radius 2 is 1.83 bits per heavy atom. The lowest BCUT2D eigenvalue weighted by Gasteiger charge is -2.27. The van der Waals surface area contributed by atoms with E-state index in [-0.39, 0.29) is 11.2 Å². The first-order valence-corrected chi connectivity index (χ1v) is 5.18. The molecule has 1 aliphatic rings. The van der Waals surface area contributed by atoms with Gasteiger partial charge in [-0.25, -0.2) is 0 Å². The molecule has 1 heterocycles. The molecule has 1 atom stereocenters. The van der Waals surface area contributed by atoms with Crippen LogP contribution in [0.2, 0.25) is 0 Å². The second kappa shape index (κ2) is 3.37. The molecule has 1 aliphatic heterocycles. The van der Waals surface area contributed by atoms with Crippen molar-refractivity contribution in [3.05, 3.63) is 0 Å². The van der Waals surface area contributed by atoms with Crippen molar-refractivity contribution >= 4 is 0 Å². The Balaban J connectivity index is 2.41. The fourth-order valence-corrected chi connectivity index (χ4v) is 2.06. The summed E-state index contributed by atoms with van der Waals surface area (Å²) < 4.78 is 6.04. The van der Waals surface area contributed by atoms with Crippen LogP contribution >= 0.6 is 0 Å². The molecule has 1 fully saturated rings. The molecule has 1 unspecified atom stereocenters. The van der Waals surface area contributed by atoms with E-state index in [9.17, 15) is 0 Å². The first-order valence-electron chi connectivity index (χ1n) is 5.18. The Kier molecular flexibility index (Phi) is 2.82. The third-order valence-corrected chi connectivity index (χ3v) is 2.84. The number of rotatable bonds is 3. The molecule has 0 aromatic heterocycles. The average Bonchev–Trinajstić information content (AvgIpc) is 2.23. The zero-order chi connectivity index (χ0) is 9.24. The van der Waals surface area contributed by atoms with Gasteiger partial charge >= 0.3 is 0 Å². The summed E-state index contributed by atoms with van der Waals surface area (Å²) in [5, 5.41) is 0. The van der Waals surface area contributed by atoms with Gasteiger partial charge in [-0.15, -0.1) is 0 Å². The van der Waals surface area contributed by atoms with Crippen molar-refractivity contribution in [2.45, 2.75) is 71.0 Å². The fourth-order valence-electron chi connectivity index (χ4n) is 2.06. The maximum Gasteiger partial charge on any atom is 0.0662 e. The van der Waals surface area contributed by atoms with Crippen LogP contribution in [0.3, 0.4) is 0 Å². The highest BCUT2D eigenvalue weighted by molar-refractivity contribution is 4.89. The summed E-state index contributed by atoms with van der Waals surface area (Å²) in [7, 11) is 0. The standard InChI is InChI=1S/C11H22O/c1-5-6-7-11(4)9-8-10(2,3)12-11/h5-9H2,1-4H3. The maximum atomic E-state index is 6.04. The van der Waals surface area contributed by atoms with Crippen LogP contribution in [-0.4, -0.2) is 11.2 Å². The van der Waals surface area contributed by atoms with E-state index in [1.54, 1.807) is 0 Å². The molecule has 0 bridgehead atoms. The van der Waals surface area contributed by atoms with Gasteiger partial charge in [0, 0.05) is 0 Å². The molecule has 0 aromatic carbocycles. The van der Waals surface area contributed by atoms with Crippen LogP contribution in [0.25, 0.3) is 0 Å². The van der Waals surface area contributed by atoms with E-state index in [1.165, 1.54) is 32.1 Å². The van der Waals surface area contributed by atoms with Crippen molar-refractivity contribution in [2.24, 2.45) is 0 Å². The van der Waals surface area contributed by atoms with Gasteiger partial charge in [-0.2, -0.15) is 0 Å². The summed E-state index contributed by atoms with van der Waals surface area (Å²) >= 11 is 0. The number of hydrogen-bond donors (Lipinski definition) is 0. The molecule has 0 N–H and O–H groups in total. The first-order chi connectivity index (χ1) is 5.47. The quantitative estimate of drug-likeness (QED) is 0.629. The molecule has 72 valence electrons. The SMILES string of the molecule is CCCCC1(C)CCC(C)(C)O1. The Hall–Kier alpha value is -0.0400. The van der Waals surface area contributed by atoms with Crippen molar-refractivity contribution in [3.63, 3.8) is 0 Å². The van der Waals surface area contributed by atoms with Crippen LogP contribution in [0.15, 0.2) is 0 Å². The lowest BCUT2D eigenvalue weighted by atomic mass is 9.94. The molecule has 12 heavy (non-hydrogen) atoms. The molecule has 0 radical (unpaired) electrons. The molecule has 1 heteroatoms. The topological polar surface area (TPSA) is 9.23 Å². The highest BCUT2D eigenvalue weighted by atomic mass is 16.5. The van der Waals surface area contributed by atoms with Gasteiger partial charge in [-0.1, -0.05) is 19.8 Å². The molecule has 1 nitrogen and oxygen atoms in total. The highest BCUT2D eigenvalue weighted by Gasteiger charge is 2.39. The number of ether oxygens (including phenoxy) is 1. The third kappa shape index (κ3) is 2.48. The highest BCUT2D eigenvalue weighted by Crippen LogP contribution is 2.39. The zero-order valence-electron chi connectivity index (χ0n) is 8.94. The predicted molar refractivity (Wildman–Crippen MR) is 52.3 cm³/mol. The van der Waals surface area contributed by atoms with Gasteiger partial charge in [0.1, 0.15) is 0 Å². The fraction of sp³-hybridized carbons (Fsp3) is 1.00. The summed E-state index contributed by atoms with van der Waals surface area (Å²) in [4.78, 5) is 0. The van der Waals surface area contributed by atoms with Crippen LogP contribution in [0.4, 0.5) is 0 Å². The van der Waals surface area contributed by atoms with Gasteiger partial charge in [-0.05, 0) is 40.0 Å². The summed E-state index contributed by atoms with van der Waals surface area (Å²) in [5.74, 6) is 0. The molecule has 0 spiro atoms. The Labute approximate surface area is 76.5 Å². The Morgan fingerprint density at radius 3 is 2.25 bits per heavy atom. The van der Waals surface area contributed by atoms with Gasteiger partial charge in [-0.3, -0.25) is 0 Å². The molecular weight excluding hydrogens is 148 g/mol. The van der Waals surface area contributed by atoms with Crippen LogP contribution in [0.5, 0.6) is 0 Å². The van der Waals surface area contributed by atoms with E-state index in [4.69, 9.17) is 4.74 Å². The van der Waals surface area contributed by atoms with Gasteiger partial charge < -0.3 is 4.74 Å². The lowest BCUT2D eigenvalue weighted by molar-refractivity contribution is -0.0797. The maximum absolute atomic E-state index is 6.04. The summed E-state index contributed by atoms with van der Waals surface area (Å²) in [5.41, 5.74) is 0.308. The smallest absolute Gasteiger partial charge is 0.0662 e. The molecule has 1 rings (SSSR count). The van der Waals surface area contributed by atoms with E-state index in [0.717, 1.165) is 0 Å². The first kappa shape index (κ1) is 10.0. The van der Waals surface area contributed by atoms with Gasteiger partial charge in [0.05, 0.1) is 11.2 Å². The molecule has 0 saturated carbocycles. The second-order valence-electron chi connectivity index (χ2n) is 4.92. The molecule has 0 aromatic rings. The van der Waals surface area contributed by atoms with Gasteiger partial charge in [0.15, 0.2) is 0 Å². The van der Waals surface area contributed by atoms with Crippen LogP contribution in [-0.2, 0) is 4.74 Å². The van der Waals surface area contributed by atoms with Gasteiger partial charge in [0.25, 0.3) is 0 Å². The number of unbranched alkanes of at least 4 members (excludes halogenated alkanes) is 1. The predicted octanol–water partition coefficient (Wildman–Crippen LogP) is 3.52. The van der Waals surface area contributed by atoms with Crippen molar-refractivity contribution in [1.29, 1.82) is 0 Å². The minimum Gasteiger partial charge on any atom is -0.369 e. The van der Waals surface area contributed by atoms with Crippen molar-refractivity contribution in [3.8, 4) is 0 Å².